The molecule has 64 valence electrons. The highest BCUT2D eigenvalue weighted by Gasteiger charge is 2.22. The fourth-order valence-electron chi connectivity index (χ4n) is 1.53. The van der Waals surface area contributed by atoms with E-state index in [0.717, 1.165) is 28.5 Å². The van der Waals surface area contributed by atoms with Crippen molar-refractivity contribution in [3.8, 4) is 0 Å². The Morgan fingerprint density at radius 2 is 2.08 bits per heavy atom. The van der Waals surface area contributed by atoms with Gasteiger partial charge in [0.05, 0.1) is 27.1 Å². The van der Waals surface area contributed by atoms with Crippen LogP contribution in [0.2, 0.25) is 0 Å². The second kappa shape index (κ2) is 2.62. The predicted molar refractivity (Wildman–Crippen MR) is 46.5 cm³/mol. The predicted octanol–water partition coefficient (Wildman–Crippen LogP) is 0.757. The summed E-state index contributed by atoms with van der Waals surface area (Å²) in [6, 6.07) is 0. The monoisotopic (exact) mass is 182 g/mol. The lowest BCUT2D eigenvalue weighted by atomic mass is 10.3. The Morgan fingerprint density at radius 1 is 1.33 bits per heavy atom. The highest BCUT2D eigenvalue weighted by Crippen LogP contribution is 2.22. The molecule has 0 aromatic carbocycles. The van der Waals surface area contributed by atoms with Gasteiger partial charge in [0.15, 0.2) is 0 Å². The molecule has 0 aliphatic carbocycles. The van der Waals surface area contributed by atoms with Gasteiger partial charge in [-0.3, -0.25) is 4.21 Å². The maximum atomic E-state index is 11.4. The molecule has 1 aliphatic heterocycles. The zero-order chi connectivity index (χ0) is 8.72. The van der Waals surface area contributed by atoms with Gasteiger partial charge in [-0.25, -0.2) is 9.97 Å². The van der Waals surface area contributed by atoms with E-state index < -0.39 is 10.8 Å². The smallest absolute Gasteiger partial charge is 0.125 e. The number of nitrogens with zero attached hydrogens (tertiary/aromatic N) is 2. The SMILES string of the molecule is Cc1nc(C)c2c(n1)CCS2=O. The molecule has 0 fully saturated rings. The van der Waals surface area contributed by atoms with Crippen molar-refractivity contribution in [2.24, 2.45) is 0 Å². The lowest BCUT2D eigenvalue weighted by Gasteiger charge is -2.01. The zero-order valence-electron chi connectivity index (χ0n) is 7.13. The summed E-state index contributed by atoms with van der Waals surface area (Å²) in [4.78, 5) is 9.33. The van der Waals surface area contributed by atoms with Crippen molar-refractivity contribution in [1.29, 1.82) is 0 Å². The molecule has 0 radical (unpaired) electrons. The number of aromatic nitrogens is 2. The first-order valence-electron chi connectivity index (χ1n) is 3.91. The number of aryl methyl sites for hydroxylation is 3. The average Bonchev–Trinajstić information content (AvgIpc) is 2.31. The molecular weight excluding hydrogens is 172 g/mol. The standard InChI is InChI=1S/C8H10N2OS/c1-5-8-7(3-4-12(8)11)10-6(2)9-5/h3-4H2,1-2H3. The van der Waals surface area contributed by atoms with Crippen molar-refractivity contribution >= 4 is 10.8 Å². The summed E-state index contributed by atoms with van der Waals surface area (Å²) in [5.41, 5.74) is 1.87. The Balaban J connectivity index is 2.68. The molecule has 4 heteroatoms. The van der Waals surface area contributed by atoms with Crippen molar-refractivity contribution in [3.63, 3.8) is 0 Å². The third-order valence-electron chi connectivity index (χ3n) is 1.97. The molecule has 0 saturated heterocycles. The van der Waals surface area contributed by atoms with Crippen LogP contribution in [0.3, 0.4) is 0 Å². The third kappa shape index (κ3) is 1.06. The minimum atomic E-state index is -0.843. The van der Waals surface area contributed by atoms with Crippen molar-refractivity contribution in [1.82, 2.24) is 9.97 Å². The van der Waals surface area contributed by atoms with Crippen molar-refractivity contribution in [3.05, 3.63) is 17.2 Å². The number of rotatable bonds is 0. The molecule has 2 rings (SSSR count). The van der Waals surface area contributed by atoms with Gasteiger partial charge in [-0.15, -0.1) is 0 Å². The van der Waals surface area contributed by atoms with Crippen molar-refractivity contribution in [2.45, 2.75) is 25.2 Å². The van der Waals surface area contributed by atoms with Gasteiger partial charge in [0.2, 0.25) is 0 Å². The molecule has 1 unspecified atom stereocenters. The van der Waals surface area contributed by atoms with Gasteiger partial charge in [0.25, 0.3) is 0 Å². The summed E-state index contributed by atoms with van der Waals surface area (Å²) in [7, 11) is -0.843. The lowest BCUT2D eigenvalue weighted by Crippen LogP contribution is -1.99. The molecule has 0 amide bonds. The Morgan fingerprint density at radius 3 is 2.83 bits per heavy atom. The Labute approximate surface area is 73.7 Å². The molecule has 1 atom stereocenters. The minimum absolute atomic E-state index is 0.717. The van der Waals surface area contributed by atoms with Crippen molar-refractivity contribution < 1.29 is 4.21 Å². The lowest BCUT2D eigenvalue weighted by molar-refractivity contribution is 0.684. The van der Waals surface area contributed by atoms with Crippen LogP contribution >= 0.6 is 0 Å². The highest BCUT2D eigenvalue weighted by molar-refractivity contribution is 7.85. The molecule has 0 N–H and O–H groups in total. The van der Waals surface area contributed by atoms with Crippen molar-refractivity contribution in [2.75, 3.05) is 5.75 Å². The maximum Gasteiger partial charge on any atom is 0.125 e. The fourth-order valence-corrected chi connectivity index (χ4v) is 2.90. The van der Waals surface area contributed by atoms with E-state index in [4.69, 9.17) is 0 Å². The van der Waals surface area contributed by atoms with E-state index in [2.05, 4.69) is 9.97 Å². The largest absolute Gasteiger partial charge is 0.254 e. The molecule has 0 bridgehead atoms. The molecular formula is C8H10N2OS. The van der Waals surface area contributed by atoms with Crippen LogP contribution in [0.25, 0.3) is 0 Å². The van der Waals surface area contributed by atoms with Crippen LogP contribution in [0.1, 0.15) is 17.2 Å². The highest BCUT2D eigenvalue weighted by atomic mass is 32.2. The van der Waals surface area contributed by atoms with E-state index in [1.807, 2.05) is 13.8 Å². The van der Waals surface area contributed by atoms with E-state index >= 15 is 0 Å². The average molecular weight is 182 g/mol. The summed E-state index contributed by atoms with van der Waals surface area (Å²) < 4.78 is 11.4. The van der Waals surface area contributed by atoms with Gasteiger partial charge in [-0.1, -0.05) is 0 Å². The summed E-state index contributed by atoms with van der Waals surface area (Å²) in [5, 5.41) is 0. The van der Waals surface area contributed by atoms with Gasteiger partial charge in [0, 0.05) is 12.2 Å². The van der Waals surface area contributed by atoms with Crippen LogP contribution in [0.15, 0.2) is 4.90 Å². The molecule has 2 heterocycles. The van der Waals surface area contributed by atoms with Crippen LogP contribution < -0.4 is 0 Å². The van der Waals surface area contributed by atoms with Crippen LogP contribution in [-0.4, -0.2) is 19.9 Å². The van der Waals surface area contributed by atoms with Gasteiger partial charge < -0.3 is 0 Å². The van der Waals surface area contributed by atoms with Crippen LogP contribution in [0, 0.1) is 13.8 Å². The molecule has 1 aromatic rings. The summed E-state index contributed by atoms with van der Waals surface area (Å²) >= 11 is 0. The van der Waals surface area contributed by atoms with Gasteiger partial charge in [-0.05, 0) is 13.8 Å². The summed E-state index contributed by atoms with van der Waals surface area (Å²) in [6.45, 7) is 3.77. The number of fused-ring (bicyclic) bond motifs is 1. The first-order valence-corrected chi connectivity index (χ1v) is 5.23. The minimum Gasteiger partial charge on any atom is -0.254 e. The molecule has 1 aromatic heterocycles. The Hall–Kier alpha value is -0.770. The topological polar surface area (TPSA) is 42.9 Å². The van der Waals surface area contributed by atoms with Crippen LogP contribution in [-0.2, 0) is 17.2 Å². The molecule has 0 saturated carbocycles. The maximum absolute atomic E-state index is 11.4. The van der Waals surface area contributed by atoms with Gasteiger partial charge >= 0.3 is 0 Å². The van der Waals surface area contributed by atoms with Gasteiger partial charge in [-0.2, -0.15) is 0 Å². The second-order valence-corrected chi connectivity index (χ2v) is 4.44. The Bertz CT molecular complexity index is 362. The molecule has 1 aliphatic rings. The summed E-state index contributed by atoms with van der Waals surface area (Å²) in [6.07, 6.45) is 0.839. The normalized spacial score (nSPS) is 21.0. The molecule has 3 nitrogen and oxygen atoms in total. The van der Waals surface area contributed by atoms with E-state index in [9.17, 15) is 4.21 Å². The van der Waals surface area contributed by atoms with E-state index in [-0.39, 0.29) is 0 Å². The first kappa shape index (κ1) is 7.86. The van der Waals surface area contributed by atoms with Crippen LogP contribution in [0.5, 0.6) is 0 Å². The van der Waals surface area contributed by atoms with E-state index in [0.29, 0.717) is 5.75 Å². The number of hydrogen-bond donors (Lipinski definition) is 0. The third-order valence-corrected chi connectivity index (χ3v) is 3.53. The quantitative estimate of drug-likeness (QED) is 0.595. The number of hydrogen-bond acceptors (Lipinski definition) is 3. The van der Waals surface area contributed by atoms with Crippen LogP contribution in [0.4, 0.5) is 0 Å². The summed E-state index contributed by atoms with van der Waals surface area (Å²) in [5.74, 6) is 1.50. The molecule has 0 spiro atoms. The zero-order valence-corrected chi connectivity index (χ0v) is 7.94. The Kier molecular flexibility index (Phi) is 1.72. The van der Waals surface area contributed by atoms with E-state index in [1.54, 1.807) is 0 Å². The molecule has 12 heavy (non-hydrogen) atoms. The first-order chi connectivity index (χ1) is 5.68. The van der Waals surface area contributed by atoms with E-state index in [1.165, 1.54) is 0 Å². The second-order valence-electron chi connectivity index (χ2n) is 2.93. The fraction of sp³-hybridized carbons (Fsp3) is 0.500. The van der Waals surface area contributed by atoms with Gasteiger partial charge in [0.1, 0.15) is 5.82 Å².